The molecular weight excluding hydrogens is 290 g/mol. The number of benzene rings is 2. The first-order valence-corrected chi connectivity index (χ1v) is 6.04. The van der Waals surface area contributed by atoms with Crippen LogP contribution in [-0.2, 0) is 0 Å². The summed E-state index contributed by atoms with van der Waals surface area (Å²) in [6, 6.07) is 8.48. The minimum absolute atomic E-state index is 0.0428. The van der Waals surface area contributed by atoms with Gasteiger partial charge >= 0.3 is 0 Å². The van der Waals surface area contributed by atoms with E-state index >= 15 is 0 Å². The first kappa shape index (κ1) is 13.6. The number of halogens is 3. The first-order valence-electron chi connectivity index (χ1n) is 5.29. The molecule has 1 amide bonds. The van der Waals surface area contributed by atoms with Gasteiger partial charge in [0.1, 0.15) is 5.82 Å². The number of nitrogens with one attached hydrogen (secondary N) is 1. The Labute approximate surface area is 119 Å². The lowest BCUT2D eigenvalue weighted by Gasteiger charge is -2.09. The van der Waals surface area contributed by atoms with Gasteiger partial charge in [-0.1, -0.05) is 23.2 Å². The SMILES string of the molecule is Nc1ccc(Cl)cc1NC(=O)c1ccc(Cl)c(F)c1. The maximum atomic E-state index is 13.3. The summed E-state index contributed by atoms with van der Waals surface area (Å²) in [5, 5.41) is 2.95. The van der Waals surface area contributed by atoms with E-state index in [2.05, 4.69) is 5.32 Å². The van der Waals surface area contributed by atoms with Crippen LogP contribution in [0.4, 0.5) is 15.8 Å². The Hall–Kier alpha value is -1.78. The number of carbonyl (C=O) groups excluding carboxylic acids is 1. The van der Waals surface area contributed by atoms with Crippen LogP contribution in [0.2, 0.25) is 10.0 Å². The predicted octanol–water partition coefficient (Wildman–Crippen LogP) is 3.97. The average molecular weight is 299 g/mol. The quantitative estimate of drug-likeness (QED) is 0.824. The largest absolute Gasteiger partial charge is 0.397 e. The number of hydrogen-bond donors (Lipinski definition) is 2. The van der Waals surface area contributed by atoms with E-state index in [9.17, 15) is 9.18 Å². The molecule has 2 aromatic rings. The molecule has 98 valence electrons. The molecule has 0 heterocycles. The highest BCUT2D eigenvalue weighted by atomic mass is 35.5. The number of anilines is 2. The van der Waals surface area contributed by atoms with E-state index in [1.165, 1.54) is 18.2 Å². The summed E-state index contributed by atoms with van der Waals surface area (Å²) in [6.45, 7) is 0. The topological polar surface area (TPSA) is 55.1 Å². The number of nitrogen functional groups attached to an aromatic ring is 1. The van der Waals surface area contributed by atoms with Gasteiger partial charge in [0.25, 0.3) is 5.91 Å². The van der Waals surface area contributed by atoms with Crippen molar-refractivity contribution in [3.8, 4) is 0 Å². The fourth-order valence-corrected chi connectivity index (χ4v) is 1.76. The van der Waals surface area contributed by atoms with Crippen molar-refractivity contribution in [2.24, 2.45) is 0 Å². The Kier molecular flexibility index (Phi) is 3.93. The smallest absolute Gasteiger partial charge is 0.255 e. The molecular formula is C13H9Cl2FN2O. The number of amides is 1. The molecule has 0 aliphatic heterocycles. The molecule has 19 heavy (non-hydrogen) atoms. The second-order valence-corrected chi connectivity index (χ2v) is 4.66. The first-order chi connectivity index (χ1) is 8.97. The number of rotatable bonds is 2. The molecule has 6 heteroatoms. The van der Waals surface area contributed by atoms with E-state index in [4.69, 9.17) is 28.9 Å². The fourth-order valence-electron chi connectivity index (χ4n) is 1.47. The molecule has 0 fully saturated rings. The maximum Gasteiger partial charge on any atom is 0.255 e. The Bertz CT molecular complexity index is 647. The molecule has 0 atom stereocenters. The van der Waals surface area contributed by atoms with Gasteiger partial charge < -0.3 is 11.1 Å². The van der Waals surface area contributed by atoms with Gasteiger partial charge in [-0.3, -0.25) is 4.79 Å². The third-order valence-electron chi connectivity index (χ3n) is 2.45. The van der Waals surface area contributed by atoms with Crippen molar-refractivity contribution < 1.29 is 9.18 Å². The molecule has 0 aliphatic rings. The van der Waals surface area contributed by atoms with E-state index in [-0.39, 0.29) is 10.6 Å². The minimum atomic E-state index is -0.659. The molecule has 0 unspecified atom stereocenters. The third-order valence-corrected chi connectivity index (χ3v) is 2.99. The van der Waals surface area contributed by atoms with Crippen LogP contribution >= 0.6 is 23.2 Å². The van der Waals surface area contributed by atoms with Gasteiger partial charge in [-0.05, 0) is 36.4 Å². The maximum absolute atomic E-state index is 13.3. The highest BCUT2D eigenvalue weighted by molar-refractivity contribution is 6.31. The van der Waals surface area contributed by atoms with Crippen molar-refractivity contribution in [1.82, 2.24) is 0 Å². The lowest BCUT2D eigenvalue weighted by Crippen LogP contribution is -2.13. The van der Waals surface area contributed by atoms with Crippen LogP contribution in [0.3, 0.4) is 0 Å². The van der Waals surface area contributed by atoms with Gasteiger partial charge in [0.15, 0.2) is 0 Å². The average Bonchev–Trinajstić information content (AvgIpc) is 2.37. The van der Waals surface area contributed by atoms with Crippen LogP contribution in [0.25, 0.3) is 0 Å². The fraction of sp³-hybridized carbons (Fsp3) is 0. The summed E-state index contributed by atoms with van der Waals surface area (Å²) < 4.78 is 13.3. The van der Waals surface area contributed by atoms with Gasteiger partial charge in [0.2, 0.25) is 0 Å². The molecule has 0 aliphatic carbocycles. The van der Waals surface area contributed by atoms with Crippen LogP contribution in [0.5, 0.6) is 0 Å². The zero-order valence-corrected chi connectivity index (χ0v) is 11.1. The van der Waals surface area contributed by atoms with Gasteiger partial charge in [0, 0.05) is 10.6 Å². The van der Waals surface area contributed by atoms with Crippen molar-refractivity contribution in [3.63, 3.8) is 0 Å². The van der Waals surface area contributed by atoms with Gasteiger partial charge in [0.05, 0.1) is 16.4 Å². The third kappa shape index (κ3) is 3.16. The second kappa shape index (κ2) is 5.47. The van der Waals surface area contributed by atoms with E-state index in [1.54, 1.807) is 12.1 Å². The van der Waals surface area contributed by atoms with Gasteiger partial charge in [-0.15, -0.1) is 0 Å². The van der Waals surface area contributed by atoms with Crippen LogP contribution in [0, 0.1) is 5.82 Å². The van der Waals surface area contributed by atoms with Gasteiger partial charge in [-0.25, -0.2) is 4.39 Å². The Morgan fingerprint density at radius 3 is 2.58 bits per heavy atom. The molecule has 0 saturated carbocycles. The Balaban J connectivity index is 2.25. The lowest BCUT2D eigenvalue weighted by molar-refractivity contribution is 0.102. The van der Waals surface area contributed by atoms with Crippen LogP contribution < -0.4 is 11.1 Å². The van der Waals surface area contributed by atoms with Crippen LogP contribution in [0.15, 0.2) is 36.4 Å². The summed E-state index contributed by atoms with van der Waals surface area (Å²) in [5.74, 6) is -1.15. The molecule has 0 bridgehead atoms. The molecule has 3 N–H and O–H groups in total. The summed E-state index contributed by atoms with van der Waals surface area (Å²) in [4.78, 5) is 11.9. The monoisotopic (exact) mass is 298 g/mol. The Morgan fingerprint density at radius 2 is 1.89 bits per heavy atom. The van der Waals surface area contributed by atoms with Gasteiger partial charge in [-0.2, -0.15) is 0 Å². The van der Waals surface area contributed by atoms with Crippen LogP contribution in [0.1, 0.15) is 10.4 Å². The van der Waals surface area contributed by atoms with Crippen molar-refractivity contribution in [1.29, 1.82) is 0 Å². The van der Waals surface area contributed by atoms with E-state index in [1.807, 2.05) is 0 Å². The Morgan fingerprint density at radius 1 is 1.16 bits per heavy atom. The van der Waals surface area contributed by atoms with E-state index < -0.39 is 11.7 Å². The molecule has 2 rings (SSSR count). The summed E-state index contributed by atoms with van der Waals surface area (Å²) in [6.07, 6.45) is 0. The van der Waals surface area contributed by atoms with Crippen LogP contribution in [-0.4, -0.2) is 5.91 Å². The standard InChI is InChI=1S/C13H9Cl2FN2O/c14-8-2-4-11(17)12(6-8)18-13(19)7-1-3-9(15)10(16)5-7/h1-6H,17H2,(H,18,19). The van der Waals surface area contributed by atoms with E-state index in [0.717, 1.165) is 6.07 Å². The summed E-state index contributed by atoms with van der Waals surface area (Å²) >= 11 is 11.4. The summed E-state index contributed by atoms with van der Waals surface area (Å²) in [5.41, 5.74) is 6.58. The highest BCUT2D eigenvalue weighted by Gasteiger charge is 2.11. The normalized spacial score (nSPS) is 10.3. The predicted molar refractivity (Wildman–Crippen MR) is 75.2 cm³/mol. The molecule has 0 aromatic heterocycles. The zero-order valence-electron chi connectivity index (χ0n) is 9.58. The molecule has 0 spiro atoms. The summed E-state index contributed by atoms with van der Waals surface area (Å²) in [7, 11) is 0. The molecule has 2 aromatic carbocycles. The zero-order chi connectivity index (χ0) is 14.0. The van der Waals surface area contributed by atoms with Crippen molar-refractivity contribution >= 4 is 40.5 Å². The van der Waals surface area contributed by atoms with Crippen molar-refractivity contribution in [2.75, 3.05) is 11.1 Å². The number of hydrogen-bond acceptors (Lipinski definition) is 2. The highest BCUT2D eigenvalue weighted by Crippen LogP contribution is 2.24. The number of nitrogens with two attached hydrogens (primary N) is 1. The van der Waals surface area contributed by atoms with Crippen molar-refractivity contribution in [3.05, 3.63) is 57.8 Å². The molecule has 0 saturated heterocycles. The minimum Gasteiger partial charge on any atom is -0.397 e. The van der Waals surface area contributed by atoms with E-state index in [0.29, 0.717) is 16.4 Å². The molecule has 3 nitrogen and oxygen atoms in total. The second-order valence-electron chi connectivity index (χ2n) is 3.81. The van der Waals surface area contributed by atoms with Crippen molar-refractivity contribution in [2.45, 2.75) is 0 Å². The number of carbonyl (C=O) groups is 1. The molecule has 0 radical (unpaired) electrons. The lowest BCUT2D eigenvalue weighted by atomic mass is 10.2.